The number of nitrogens with two attached hydrogens (primary N) is 2. The van der Waals surface area contributed by atoms with Gasteiger partial charge in [0.15, 0.2) is 0 Å². The van der Waals surface area contributed by atoms with E-state index in [4.69, 9.17) is 16.6 Å². The minimum absolute atomic E-state index is 0.0553. The Balaban J connectivity index is 1.15. The third kappa shape index (κ3) is 4.72. The molecule has 2 fully saturated rings. The number of aromatic amines is 1. The quantitative estimate of drug-likeness (QED) is 0.164. The maximum absolute atomic E-state index is 14.8. The van der Waals surface area contributed by atoms with E-state index in [1.165, 1.54) is 6.07 Å². The summed E-state index contributed by atoms with van der Waals surface area (Å²) in [5.41, 5.74) is 15.4. The molecular weight excluding hydrogens is 515 g/mol. The number of carbonyl (C=O) groups excluding carboxylic acids is 1. The Kier molecular flexibility index (Phi) is 6.78. The van der Waals surface area contributed by atoms with Crippen molar-refractivity contribution in [1.82, 2.24) is 25.3 Å². The lowest BCUT2D eigenvalue weighted by atomic mass is 9.78. The van der Waals surface area contributed by atoms with Crippen LogP contribution >= 0.6 is 0 Å². The van der Waals surface area contributed by atoms with Crippen molar-refractivity contribution in [1.29, 1.82) is 0 Å². The number of nitrogen functional groups attached to an aromatic ring is 1. The van der Waals surface area contributed by atoms with Gasteiger partial charge in [0.25, 0.3) is 0 Å². The Morgan fingerprint density at radius 2 is 2.05 bits per heavy atom. The van der Waals surface area contributed by atoms with Crippen LogP contribution in [0.25, 0.3) is 21.8 Å². The number of H-pyrrole nitrogens is 1. The Bertz CT molecular complexity index is 1580. The number of carboxylic acids is 1. The number of nitrogens with zero attached hydrogens (tertiary/aromatic N) is 3. The number of amides is 1. The summed E-state index contributed by atoms with van der Waals surface area (Å²) in [6.07, 6.45) is 7.02. The van der Waals surface area contributed by atoms with E-state index in [2.05, 4.69) is 32.0 Å². The van der Waals surface area contributed by atoms with E-state index >= 15 is 0 Å². The van der Waals surface area contributed by atoms with E-state index in [1.54, 1.807) is 12.4 Å². The van der Waals surface area contributed by atoms with Crippen molar-refractivity contribution in [2.45, 2.75) is 56.7 Å². The zero-order valence-electron chi connectivity index (χ0n) is 21.9. The summed E-state index contributed by atoms with van der Waals surface area (Å²) in [5.74, 6) is -0.776. The molecular formula is C28H33FN8O3. The number of halogens is 1. The Morgan fingerprint density at radius 1 is 1.23 bits per heavy atom. The minimum Gasteiger partial charge on any atom is -0.480 e. The third-order valence-corrected chi connectivity index (χ3v) is 8.65. The number of nitrogens with one attached hydrogen (secondary N) is 3. The molecule has 0 aliphatic heterocycles. The standard InChI is InChI=1S/C28H33FN8O3/c29-19-11-21-18(13-33-36-21)25(26(19)31)24-14-1-2-15(9-14)27(24)35-17-3-5-22-16(10-17)12-34-37(22)8-7-32-23(38)6-4-20(30)28(39)40/h3,5,10-15,20,24,27,35H,1-2,4,6-9,30-31H2,(H,32,38)(H,33,36)(H,39,40)/t14?,15?,20?,24-,27-/m1/s1. The number of anilines is 2. The highest BCUT2D eigenvalue weighted by Gasteiger charge is 2.49. The Morgan fingerprint density at radius 3 is 2.88 bits per heavy atom. The first-order valence-corrected chi connectivity index (χ1v) is 13.7. The predicted octanol–water partition coefficient (Wildman–Crippen LogP) is 2.94. The zero-order chi connectivity index (χ0) is 28.0. The number of fused-ring (bicyclic) bond motifs is 4. The zero-order valence-corrected chi connectivity index (χ0v) is 21.9. The fourth-order valence-corrected chi connectivity index (χ4v) is 6.72. The summed E-state index contributed by atoms with van der Waals surface area (Å²) in [7, 11) is 0. The number of rotatable bonds is 10. The van der Waals surface area contributed by atoms with Gasteiger partial charge in [0, 0.05) is 47.5 Å². The van der Waals surface area contributed by atoms with Gasteiger partial charge in [0.2, 0.25) is 5.91 Å². The van der Waals surface area contributed by atoms with Crippen LogP contribution < -0.4 is 22.1 Å². The second-order valence-electron chi connectivity index (χ2n) is 11.0. The van der Waals surface area contributed by atoms with Crippen LogP contribution in [-0.2, 0) is 16.1 Å². The van der Waals surface area contributed by atoms with E-state index in [9.17, 15) is 14.0 Å². The second-order valence-corrected chi connectivity index (χ2v) is 11.0. The van der Waals surface area contributed by atoms with Gasteiger partial charge in [-0.3, -0.25) is 19.4 Å². The van der Waals surface area contributed by atoms with Gasteiger partial charge in [0.05, 0.1) is 35.7 Å². The summed E-state index contributed by atoms with van der Waals surface area (Å²) in [5, 5.41) is 28.8. The van der Waals surface area contributed by atoms with Gasteiger partial charge in [-0.25, -0.2) is 4.39 Å². The summed E-state index contributed by atoms with van der Waals surface area (Å²) in [6, 6.07) is 6.59. The van der Waals surface area contributed by atoms with Crippen molar-refractivity contribution in [2.24, 2.45) is 17.6 Å². The highest BCUT2D eigenvalue weighted by Crippen LogP contribution is 2.56. The normalized spacial score (nSPS) is 22.6. The van der Waals surface area contributed by atoms with Crippen molar-refractivity contribution in [3.63, 3.8) is 0 Å². The number of carbonyl (C=O) groups is 2. The van der Waals surface area contributed by atoms with Crippen LogP contribution in [0.4, 0.5) is 15.8 Å². The molecule has 5 atom stereocenters. The van der Waals surface area contributed by atoms with Gasteiger partial charge in [-0.1, -0.05) is 0 Å². The highest BCUT2D eigenvalue weighted by molar-refractivity contribution is 5.88. The molecule has 0 radical (unpaired) electrons. The molecule has 2 aromatic heterocycles. The van der Waals surface area contributed by atoms with Crippen molar-refractivity contribution in [3.05, 3.63) is 48.0 Å². The van der Waals surface area contributed by atoms with E-state index in [0.717, 1.165) is 46.8 Å². The summed E-state index contributed by atoms with van der Waals surface area (Å²) >= 11 is 0. The fourth-order valence-electron chi connectivity index (χ4n) is 6.72. The molecule has 12 heteroatoms. The maximum atomic E-state index is 14.8. The fraction of sp³-hybridized carbons (Fsp3) is 0.429. The number of hydrogen-bond acceptors (Lipinski definition) is 7. The van der Waals surface area contributed by atoms with E-state index in [-0.39, 0.29) is 36.4 Å². The van der Waals surface area contributed by atoms with Gasteiger partial charge in [0.1, 0.15) is 11.9 Å². The molecule has 2 bridgehead atoms. The third-order valence-electron chi connectivity index (χ3n) is 8.65. The molecule has 2 aliphatic rings. The summed E-state index contributed by atoms with van der Waals surface area (Å²) in [6.45, 7) is 0.837. The number of aliphatic carboxylic acids is 1. The Labute approximate surface area is 229 Å². The summed E-state index contributed by atoms with van der Waals surface area (Å²) in [4.78, 5) is 22.8. The van der Waals surface area contributed by atoms with Crippen LogP contribution in [0.2, 0.25) is 0 Å². The molecule has 11 nitrogen and oxygen atoms in total. The number of aromatic nitrogens is 4. The summed E-state index contributed by atoms with van der Waals surface area (Å²) < 4.78 is 16.6. The molecule has 1 amide bonds. The van der Waals surface area contributed by atoms with Gasteiger partial charge >= 0.3 is 5.97 Å². The lowest BCUT2D eigenvalue weighted by Gasteiger charge is -2.34. The number of hydrogen-bond donors (Lipinski definition) is 6. The molecule has 0 saturated heterocycles. The van der Waals surface area contributed by atoms with Gasteiger partial charge in [-0.05, 0) is 61.3 Å². The van der Waals surface area contributed by atoms with Crippen molar-refractivity contribution in [2.75, 3.05) is 17.6 Å². The van der Waals surface area contributed by atoms with Gasteiger partial charge in [-0.15, -0.1) is 0 Å². The van der Waals surface area contributed by atoms with E-state index < -0.39 is 17.8 Å². The molecule has 2 aliphatic carbocycles. The molecule has 2 saturated carbocycles. The second kappa shape index (κ2) is 10.4. The lowest BCUT2D eigenvalue weighted by Crippen LogP contribution is -2.34. The SMILES string of the molecule is Nc1c(F)cc2[nH]ncc2c1[C@H]1C2CCC(C2)[C@H]1Nc1ccc2c(cnn2CCNC(=O)CCC(N)C(=O)O)c1. The molecule has 8 N–H and O–H groups in total. The van der Waals surface area contributed by atoms with E-state index in [1.807, 2.05) is 16.8 Å². The first kappa shape index (κ1) is 26.1. The Hall–Kier alpha value is -4.19. The molecule has 4 aromatic rings. The van der Waals surface area contributed by atoms with Gasteiger partial charge < -0.3 is 27.2 Å². The van der Waals surface area contributed by atoms with Crippen LogP contribution in [0.15, 0.2) is 36.7 Å². The van der Waals surface area contributed by atoms with Gasteiger partial charge in [-0.2, -0.15) is 10.2 Å². The first-order valence-electron chi connectivity index (χ1n) is 13.7. The molecule has 2 heterocycles. The van der Waals surface area contributed by atoms with Crippen molar-refractivity contribution >= 4 is 45.1 Å². The monoisotopic (exact) mass is 548 g/mol. The first-order chi connectivity index (χ1) is 19.3. The van der Waals surface area contributed by atoms with Crippen LogP contribution in [0.3, 0.4) is 0 Å². The smallest absolute Gasteiger partial charge is 0.320 e. The van der Waals surface area contributed by atoms with Crippen LogP contribution in [-0.4, -0.2) is 55.6 Å². The molecule has 3 unspecified atom stereocenters. The lowest BCUT2D eigenvalue weighted by molar-refractivity contribution is -0.138. The van der Waals surface area contributed by atoms with Crippen LogP contribution in [0, 0.1) is 17.7 Å². The molecule has 40 heavy (non-hydrogen) atoms. The molecule has 0 spiro atoms. The largest absolute Gasteiger partial charge is 0.480 e. The van der Waals surface area contributed by atoms with Crippen LogP contribution in [0.5, 0.6) is 0 Å². The van der Waals surface area contributed by atoms with E-state index in [0.29, 0.717) is 30.4 Å². The highest BCUT2D eigenvalue weighted by atomic mass is 19.1. The van der Waals surface area contributed by atoms with Crippen LogP contribution in [0.1, 0.15) is 43.6 Å². The minimum atomic E-state index is -1.12. The molecule has 6 rings (SSSR count). The molecule has 210 valence electrons. The average molecular weight is 549 g/mol. The number of carboxylic acid groups (broad SMARTS) is 1. The maximum Gasteiger partial charge on any atom is 0.320 e. The average Bonchev–Trinajstić information content (AvgIpc) is 3.73. The van der Waals surface area contributed by atoms with Crippen molar-refractivity contribution in [3.8, 4) is 0 Å². The predicted molar refractivity (Wildman–Crippen MR) is 149 cm³/mol. The number of benzene rings is 2. The van der Waals surface area contributed by atoms with Crippen molar-refractivity contribution < 1.29 is 19.1 Å². The topological polar surface area (TPSA) is 177 Å². The molecule has 2 aromatic carbocycles.